The average Bonchev–Trinajstić information content (AvgIpc) is 0.937. The van der Waals surface area contributed by atoms with E-state index in [1.165, 1.54) is 0 Å². The summed E-state index contributed by atoms with van der Waals surface area (Å²) in [4.78, 5) is 9.80. The zero-order valence-corrected chi connectivity index (χ0v) is 41.3. The molecule has 9 rings (SSSR count). The quantitative estimate of drug-likeness (QED) is 0.173. The Morgan fingerprint density at radius 2 is 1.24 bits per heavy atom. The predicted octanol–water partition coefficient (Wildman–Crippen LogP) is 17.9. The van der Waals surface area contributed by atoms with Crippen LogP contribution in [0.5, 0.6) is 5.75 Å². The number of benzene rings is 7. The number of hydrogen-bond acceptors (Lipinski definition) is 3. The van der Waals surface area contributed by atoms with Crippen molar-refractivity contribution >= 4 is 11.0 Å². The summed E-state index contributed by atoms with van der Waals surface area (Å²) in [6.45, 7) is 5.39. The Morgan fingerprint density at radius 3 is 1.93 bits per heavy atom. The topological polar surface area (TPSA) is 50.9 Å². The summed E-state index contributed by atoms with van der Waals surface area (Å²) in [6, 6.07) is 29.3. The van der Waals surface area contributed by atoms with Gasteiger partial charge in [0.2, 0.25) is 0 Å². The highest BCUT2D eigenvalue weighted by Crippen LogP contribution is 2.46. The van der Waals surface area contributed by atoms with Crippen molar-refractivity contribution in [2.45, 2.75) is 118 Å². The van der Waals surface area contributed by atoms with Gasteiger partial charge < -0.3 is 5.11 Å². The Balaban J connectivity index is 1.35. The number of aromatic hydroxyl groups is 1. The minimum absolute atomic E-state index is 0.000294. The van der Waals surface area contributed by atoms with Crippen LogP contribution < -0.4 is 0 Å². The van der Waals surface area contributed by atoms with Crippen molar-refractivity contribution in [2.75, 3.05) is 0 Å². The molecule has 0 saturated heterocycles. The molecule has 70 heavy (non-hydrogen) atoms. The number of nitrogens with zero attached hydrogens (tertiary/aromatic N) is 3. The van der Waals surface area contributed by atoms with E-state index in [0.717, 1.165) is 27.8 Å². The number of aromatic nitrogens is 3. The molecule has 0 radical (unpaired) electrons. The lowest BCUT2D eigenvalue weighted by Crippen LogP contribution is -2.13. The summed E-state index contributed by atoms with van der Waals surface area (Å²) < 4.78 is 169. The van der Waals surface area contributed by atoms with Gasteiger partial charge in [0.25, 0.3) is 0 Å². The Hall–Kier alpha value is -7.04. The first-order valence-corrected chi connectivity index (χ1v) is 23.3. The molecule has 1 N–H and O–H groups in total. The van der Waals surface area contributed by atoms with Crippen LogP contribution in [0.2, 0.25) is 0 Å². The van der Waals surface area contributed by atoms with E-state index in [0.29, 0.717) is 44.4 Å². The van der Waals surface area contributed by atoms with Gasteiger partial charge in [-0.05, 0) is 151 Å². The molecule has 4 heteroatoms. The van der Waals surface area contributed by atoms with E-state index in [9.17, 15) is 13.3 Å². The van der Waals surface area contributed by atoms with E-state index in [2.05, 4.69) is 31.8 Å². The number of hydrogen-bond donors (Lipinski definition) is 1. The van der Waals surface area contributed by atoms with E-state index in [1.807, 2.05) is 109 Å². The van der Waals surface area contributed by atoms with Gasteiger partial charge in [-0.3, -0.25) is 9.55 Å². The average molecular weight is 939 g/mol. The summed E-state index contributed by atoms with van der Waals surface area (Å²) in [5.41, 5.74) is 0.352. The predicted molar refractivity (Wildman–Crippen MR) is 297 cm³/mol. The molecule has 0 atom stereocenters. The van der Waals surface area contributed by atoms with Gasteiger partial charge >= 0.3 is 0 Å². The van der Waals surface area contributed by atoms with Crippen LogP contribution in [0.25, 0.3) is 83.9 Å². The molecular formula is C66H69N3O. The molecule has 0 bridgehead atoms. The van der Waals surface area contributed by atoms with Crippen molar-refractivity contribution in [3.63, 3.8) is 0 Å². The second kappa shape index (κ2) is 17.7. The molecule has 0 aliphatic heterocycles. The Kier molecular flexibility index (Phi) is 7.56. The number of pyridine rings is 1. The van der Waals surface area contributed by atoms with Gasteiger partial charge in [0.05, 0.1) is 37.6 Å². The second-order valence-corrected chi connectivity index (χ2v) is 21.2. The molecule has 4 nitrogen and oxygen atoms in total. The maximum absolute atomic E-state index is 12.5. The fourth-order valence-electron chi connectivity index (χ4n) is 9.07. The van der Waals surface area contributed by atoms with Crippen LogP contribution in [0.1, 0.15) is 142 Å². The van der Waals surface area contributed by atoms with E-state index in [-0.39, 0.29) is 39.5 Å². The zero-order chi connectivity index (χ0) is 66.2. The van der Waals surface area contributed by atoms with Crippen LogP contribution in [0.3, 0.4) is 0 Å². The molecule has 7 aromatic carbocycles. The van der Waals surface area contributed by atoms with Crippen LogP contribution in [0, 0.1) is 13.8 Å². The Labute approximate surface area is 443 Å². The first-order chi connectivity index (χ1) is 40.9. The summed E-state index contributed by atoms with van der Waals surface area (Å²) in [6.07, 6.45) is -0.774. The second-order valence-electron chi connectivity index (χ2n) is 21.2. The minimum atomic E-state index is -3.95. The third-order valence-electron chi connectivity index (χ3n) is 12.7. The zero-order valence-electron chi connectivity index (χ0n) is 60.3. The molecule has 0 saturated carbocycles. The fourth-order valence-corrected chi connectivity index (χ4v) is 9.07. The maximum atomic E-state index is 12.5. The van der Waals surface area contributed by atoms with E-state index in [1.54, 1.807) is 53.1 Å². The highest BCUT2D eigenvalue weighted by atomic mass is 16.3. The van der Waals surface area contributed by atoms with Crippen molar-refractivity contribution in [3.8, 4) is 78.6 Å². The molecule has 0 amide bonds. The van der Waals surface area contributed by atoms with Crippen molar-refractivity contribution in [1.82, 2.24) is 14.5 Å². The van der Waals surface area contributed by atoms with Crippen LogP contribution in [-0.2, 0) is 21.7 Å². The Bertz CT molecular complexity index is 4240. The molecular weight excluding hydrogens is 851 g/mol. The first-order valence-electron chi connectivity index (χ1n) is 32.8. The summed E-state index contributed by atoms with van der Waals surface area (Å²) in [5, 5.41) is 12.5. The molecule has 0 fully saturated rings. The standard InChI is InChI=1S/C66H69N3O/c1-41-34-53(61(70)55(35-41)66(12,13)14)62-68-60-52(47-37-48(39-50(38-47)64(6,7)8)56-40-45(32-33-67-56)43-26-29-49(30-27-43)63(3,4)5)23-19-25-58(60)69(62)57-31-28-46(36-42(57)2)59-51(44-20-16-15-17-21-44)22-18-24-54(59)65(9,10)11/h15-40,70H,1-14H3/i2D3,3D3,4D3,5D3,26D,27D,29D,30D,32D,33D,40D. The number of imidazole rings is 1. The van der Waals surface area contributed by atoms with Gasteiger partial charge in [-0.25, -0.2) is 4.98 Å². The summed E-state index contributed by atoms with van der Waals surface area (Å²) in [5.74, 6) is 0.155. The number of phenolic OH excluding ortho intramolecular Hbond substituents is 1. The number of phenols is 1. The lowest BCUT2D eigenvalue weighted by atomic mass is 9.78. The lowest BCUT2D eigenvalue weighted by molar-refractivity contribution is 0.448. The number of aryl methyl sites for hydroxylation is 2. The minimum Gasteiger partial charge on any atom is -0.507 e. The van der Waals surface area contributed by atoms with E-state index >= 15 is 0 Å². The van der Waals surface area contributed by atoms with E-state index < -0.39 is 103 Å². The lowest BCUT2D eigenvalue weighted by Gasteiger charge is -2.26. The molecule has 0 aliphatic rings. The van der Waals surface area contributed by atoms with Crippen molar-refractivity contribution in [3.05, 3.63) is 191 Å². The number of fused-ring (bicyclic) bond motifs is 1. The maximum Gasteiger partial charge on any atom is 0.149 e. The molecule has 9 aromatic rings. The Morgan fingerprint density at radius 1 is 0.543 bits per heavy atom. The largest absolute Gasteiger partial charge is 0.507 e. The monoisotopic (exact) mass is 939 g/mol. The van der Waals surface area contributed by atoms with Crippen LogP contribution in [-0.4, -0.2) is 19.6 Å². The molecule has 2 aromatic heterocycles. The van der Waals surface area contributed by atoms with Gasteiger partial charge in [0, 0.05) is 39.3 Å². The van der Waals surface area contributed by atoms with Gasteiger partial charge in [0.1, 0.15) is 11.6 Å². The molecule has 0 aliphatic carbocycles. The van der Waals surface area contributed by atoms with Crippen molar-refractivity contribution in [2.24, 2.45) is 0 Å². The third-order valence-corrected chi connectivity index (χ3v) is 12.7. The van der Waals surface area contributed by atoms with Crippen LogP contribution >= 0.6 is 0 Å². The molecule has 2 heterocycles. The first kappa shape index (κ1) is 29.9. The molecule has 354 valence electrons. The third kappa shape index (κ3) is 9.25. The number of rotatable bonds is 7. The fraction of sp³-hybridized carbons (Fsp3) is 0.273. The highest BCUT2D eigenvalue weighted by Gasteiger charge is 2.28. The summed E-state index contributed by atoms with van der Waals surface area (Å²) >= 11 is 0. The van der Waals surface area contributed by atoms with Gasteiger partial charge in [-0.15, -0.1) is 0 Å². The van der Waals surface area contributed by atoms with Crippen molar-refractivity contribution < 1.29 is 31.2 Å². The van der Waals surface area contributed by atoms with Gasteiger partial charge in [-0.2, -0.15) is 0 Å². The van der Waals surface area contributed by atoms with Crippen molar-refractivity contribution in [1.29, 1.82) is 0 Å². The highest BCUT2D eigenvalue weighted by molar-refractivity contribution is 5.97. The van der Waals surface area contributed by atoms with Gasteiger partial charge in [0.15, 0.2) is 0 Å². The smallest absolute Gasteiger partial charge is 0.149 e. The van der Waals surface area contributed by atoms with Crippen LogP contribution in [0.15, 0.2) is 158 Å². The summed E-state index contributed by atoms with van der Waals surface area (Å²) in [7, 11) is 0. The molecule has 0 spiro atoms. The van der Waals surface area contributed by atoms with Crippen LogP contribution in [0.4, 0.5) is 0 Å². The van der Waals surface area contributed by atoms with Gasteiger partial charge in [-0.1, -0.05) is 186 Å². The SMILES string of the molecule is [2H]c1nc(-c2cc(-c3cccc4c3nc(-c3cc(C)cc(C(C)(C)C)c3O)n4-c3ccc(-c4c(-c5ccccc5)cccc4C(C)(C)C)cc3C([2H])([2H])[2H])cc(C(C)(C)C)c2)c([2H])c(-c2c([2H])c([2H])c(C(C([2H])([2H])[2H])(C([2H])([2H])[2H])C([2H])([2H])[2H])c([2H])c2[2H])c1[2H]. The molecule has 0 unspecified atom stereocenters. The number of para-hydroxylation sites is 1. The normalized spacial score (nSPS) is 17.1. The van der Waals surface area contributed by atoms with E-state index in [4.69, 9.17) is 22.8 Å².